The summed E-state index contributed by atoms with van der Waals surface area (Å²) in [5, 5.41) is 6.83. The zero-order valence-corrected chi connectivity index (χ0v) is 12.2. The summed E-state index contributed by atoms with van der Waals surface area (Å²) in [5.41, 5.74) is 2.46. The molecule has 0 saturated carbocycles. The lowest BCUT2D eigenvalue weighted by Crippen LogP contribution is -2.28. The summed E-state index contributed by atoms with van der Waals surface area (Å²) in [4.78, 5) is 17.5. The Labute approximate surface area is 128 Å². The minimum atomic E-state index is -0.600. The van der Waals surface area contributed by atoms with Crippen LogP contribution >= 0.6 is 0 Å². The van der Waals surface area contributed by atoms with Gasteiger partial charge in [-0.15, -0.1) is 0 Å². The second-order valence-electron chi connectivity index (χ2n) is 4.92. The molecule has 0 bridgehead atoms. The van der Waals surface area contributed by atoms with Crippen molar-refractivity contribution in [2.75, 3.05) is 12.4 Å². The van der Waals surface area contributed by atoms with Crippen molar-refractivity contribution in [1.82, 2.24) is 0 Å². The van der Waals surface area contributed by atoms with Gasteiger partial charge in [0.15, 0.2) is 0 Å². The number of hydrogen-bond donors (Lipinski definition) is 1. The Balaban J connectivity index is 1.60. The van der Waals surface area contributed by atoms with Crippen LogP contribution in [0.3, 0.4) is 0 Å². The van der Waals surface area contributed by atoms with Gasteiger partial charge in [-0.05, 0) is 29.8 Å². The highest BCUT2D eigenvalue weighted by molar-refractivity contribution is 6.06. The fourth-order valence-corrected chi connectivity index (χ4v) is 2.22. The fourth-order valence-electron chi connectivity index (χ4n) is 2.22. The fraction of sp³-hybridized carbons (Fsp3) is 0.176. The number of carbonyl (C=O) groups excluding carboxylic acids is 1. The Morgan fingerprint density at radius 2 is 1.91 bits per heavy atom. The van der Waals surface area contributed by atoms with Gasteiger partial charge in [0, 0.05) is 12.1 Å². The van der Waals surface area contributed by atoms with Crippen molar-refractivity contribution in [1.29, 1.82) is 0 Å². The smallest absolute Gasteiger partial charge is 0.268 e. The van der Waals surface area contributed by atoms with Gasteiger partial charge in [-0.3, -0.25) is 4.79 Å². The molecule has 1 aliphatic heterocycles. The molecule has 5 heteroatoms. The molecule has 0 aromatic heterocycles. The summed E-state index contributed by atoms with van der Waals surface area (Å²) in [7, 11) is 1.60. The van der Waals surface area contributed by atoms with E-state index >= 15 is 0 Å². The average Bonchev–Trinajstić information content (AvgIpc) is 3.06. The number of ether oxygens (including phenoxy) is 1. The molecular formula is C17H16N2O3. The Bertz CT molecular complexity index is 681. The van der Waals surface area contributed by atoms with Gasteiger partial charge in [-0.1, -0.05) is 35.5 Å². The summed E-state index contributed by atoms with van der Waals surface area (Å²) in [6.07, 6.45) is -0.135. The number of rotatable bonds is 4. The molecule has 1 atom stereocenters. The van der Waals surface area contributed by atoms with E-state index < -0.39 is 6.10 Å². The van der Waals surface area contributed by atoms with Gasteiger partial charge < -0.3 is 14.9 Å². The number of anilines is 1. The van der Waals surface area contributed by atoms with Gasteiger partial charge in [0.2, 0.25) is 6.10 Å². The second-order valence-corrected chi connectivity index (χ2v) is 4.92. The van der Waals surface area contributed by atoms with Crippen LogP contribution in [0.25, 0.3) is 0 Å². The van der Waals surface area contributed by atoms with Gasteiger partial charge in [0.25, 0.3) is 5.91 Å². The summed E-state index contributed by atoms with van der Waals surface area (Å²) < 4.78 is 5.08. The van der Waals surface area contributed by atoms with E-state index in [4.69, 9.17) is 9.57 Å². The minimum Gasteiger partial charge on any atom is -0.497 e. The Morgan fingerprint density at radius 3 is 2.59 bits per heavy atom. The number of hydrogen-bond acceptors (Lipinski definition) is 4. The maximum absolute atomic E-state index is 12.2. The van der Waals surface area contributed by atoms with Crippen LogP contribution < -0.4 is 10.1 Å². The first-order valence-electron chi connectivity index (χ1n) is 6.99. The molecule has 0 saturated heterocycles. The molecule has 1 amide bonds. The highest BCUT2D eigenvalue weighted by Gasteiger charge is 2.28. The van der Waals surface area contributed by atoms with E-state index in [1.165, 1.54) is 0 Å². The van der Waals surface area contributed by atoms with E-state index in [1.807, 2.05) is 30.3 Å². The zero-order chi connectivity index (χ0) is 15.4. The third-order valence-electron chi connectivity index (χ3n) is 3.43. The molecule has 0 fully saturated rings. The first-order valence-corrected chi connectivity index (χ1v) is 6.99. The summed E-state index contributed by atoms with van der Waals surface area (Å²) in [5.74, 6) is 0.532. The van der Waals surface area contributed by atoms with E-state index in [1.54, 1.807) is 31.4 Å². The molecule has 1 aliphatic rings. The molecule has 5 nitrogen and oxygen atoms in total. The first-order chi connectivity index (χ1) is 10.8. The normalized spacial score (nSPS) is 16.6. The summed E-state index contributed by atoms with van der Waals surface area (Å²) in [6.45, 7) is 0. The number of amides is 1. The number of benzene rings is 2. The van der Waals surface area contributed by atoms with Crippen molar-refractivity contribution in [3.63, 3.8) is 0 Å². The van der Waals surface area contributed by atoms with Crippen LogP contribution in [0.2, 0.25) is 0 Å². The average molecular weight is 296 g/mol. The van der Waals surface area contributed by atoms with E-state index in [0.717, 1.165) is 17.0 Å². The third-order valence-corrected chi connectivity index (χ3v) is 3.43. The van der Waals surface area contributed by atoms with Crippen molar-refractivity contribution < 1.29 is 14.4 Å². The lowest BCUT2D eigenvalue weighted by atomic mass is 10.0. The largest absolute Gasteiger partial charge is 0.497 e. The lowest BCUT2D eigenvalue weighted by molar-refractivity contribution is -0.125. The predicted octanol–water partition coefficient (Wildman–Crippen LogP) is 2.83. The van der Waals surface area contributed by atoms with Crippen LogP contribution in [-0.2, 0) is 9.63 Å². The molecule has 112 valence electrons. The number of nitrogens with zero attached hydrogens (tertiary/aromatic N) is 1. The van der Waals surface area contributed by atoms with Crippen LogP contribution in [0.5, 0.6) is 5.75 Å². The quantitative estimate of drug-likeness (QED) is 0.943. The monoisotopic (exact) mass is 296 g/mol. The standard InChI is InChI=1S/C17H16N2O3/c1-21-14-9-7-13(8-10-14)18-17(20)16-11-15(19-22-16)12-5-3-2-4-6-12/h2-10,16H,11H2,1H3,(H,18,20)/t16-/m0/s1. The van der Waals surface area contributed by atoms with Gasteiger partial charge in [-0.25, -0.2) is 0 Å². The van der Waals surface area contributed by atoms with Crippen LogP contribution in [-0.4, -0.2) is 24.8 Å². The topological polar surface area (TPSA) is 59.9 Å². The van der Waals surface area contributed by atoms with Crippen molar-refractivity contribution in [2.45, 2.75) is 12.5 Å². The number of oxime groups is 1. The van der Waals surface area contributed by atoms with Crippen LogP contribution in [0.4, 0.5) is 5.69 Å². The molecule has 2 aromatic rings. The SMILES string of the molecule is COc1ccc(NC(=O)[C@@H]2CC(c3ccccc3)=NO2)cc1. The van der Waals surface area contributed by atoms with Crippen LogP contribution in [0.1, 0.15) is 12.0 Å². The summed E-state index contributed by atoms with van der Waals surface area (Å²) in [6, 6.07) is 16.8. The maximum Gasteiger partial charge on any atom is 0.268 e. The van der Waals surface area contributed by atoms with Crippen LogP contribution in [0.15, 0.2) is 59.8 Å². The molecule has 1 heterocycles. The minimum absolute atomic E-state index is 0.208. The van der Waals surface area contributed by atoms with Gasteiger partial charge in [-0.2, -0.15) is 0 Å². The maximum atomic E-state index is 12.2. The summed E-state index contributed by atoms with van der Waals surface area (Å²) >= 11 is 0. The molecule has 0 spiro atoms. The number of methoxy groups -OCH3 is 1. The Hall–Kier alpha value is -2.82. The number of carbonyl (C=O) groups is 1. The Kier molecular flexibility index (Phi) is 4.05. The van der Waals surface area contributed by atoms with E-state index in [0.29, 0.717) is 12.1 Å². The third kappa shape index (κ3) is 3.09. The Morgan fingerprint density at radius 1 is 1.18 bits per heavy atom. The number of nitrogens with one attached hydrogen (secondary N) is 1. The van der Waals surface area contributed by atoms with Crippen molar-refractivity contribution in [3.8, 4) is 5.75 Å². The van der Waals surface area contributed by atoms with Gasteiger partial charge in [0.1, 0.15) is 5.75 Å². The van der Waals surface area contributed by atoms with Crippen molar-refractivity contribution >= 4 is 17.3 Å². The molecule has 3 rings (SSSR count). The highest BCUT2D eigenvalue weighted by atomic mass is 16.6. The van der Waals surface area contributed by atoms with Gasteiger partial charge in [0.05, 0.1) is 12.8 Å². The lowest BCUT2D eigenvalue weighted by Gasteiger charge is -2.10. The van der Waals surface area contributed by atoms with Crippen molar-refractivity contribution in [3.05, 3.63) is 60.2 Å². The highest BCUT2D eigenvalue weighted by Crippen LogP contribution is 2.19. The second kappa shape index (κ2) is 6.30. The predicted molar refractivity (Wildman–Crippen MR) is 84.1 cm³/mol. The molecule has 0 aliphatic carbocycles. The molecule has 22 heavy (non-hydrogen) atoms. The molecule has 0 unspecified atom stereocenters. The molecular weight excluding hydrogens is 280 g/mol. The van der Waals surface area contributed by atoms with Gasteiger partial charge >= 0.3 is 0 Å². The van der Waals surface area contributed by atoms with Crippen LogP contribution in [0, 0.1) is 0 Å². The van der Waals surface area contributed by atoms with E-state index in [-0.39, 0.29) is 5.91 Å². The molecule has 0 radical (unpaired) electrons. The first kappa shape index (κ1) is 14.1. The molecule has 1 N–H and O–H groups in total. The van der Waals surface area contributed by atoms with Crippen molar-refractivity contribution in [2.24, 2.45) is 5.16 Å². The molecule has 2 aromatic carbocycles. The van der Waals surface area contributed by atoms with E-state index in [9.17, 15) is 4.79 Å². The zero-order valence-electron chi connectivity index (χ0n) is 12.2. The van der Waals surface area contributed by atoms with E-state index in [2.05, 4.69) is 10.5 Å².